The molecule has 10 aromatic carbocycles. The Morgan fingerprint density at radius 2 is 0.571 bits per heavy atom. The Labute approximate surface area is 466 Å². The van der Waals surface area contributed by atoms with Gasteiger partial charge < -0.3 is 4.55 Å². The minimum Gasteiger partial charge on any atom is -0.741 e. The molecule has 0 fully saturated rings. The number of alkyl halides is 3. The molecular weight excluding hydrogens is 1200 g/mol. The maximum Gasteiger partial charge on any atom is 0.485 e. The van der Waals surface area contributed by atoms with Crippen molar-refractivity contribution in [1.82, 2.24) is 0 Å². The number of hydrogen-bond acceptors (Lipinski definition) is 3. The van der Waals surface area contributed by atoms with Gasteiger partial charge in [0.2, 0.25) is 0 Å². The third kappa shape index (κ3) is 12.6. The molecule has 0 heterocycles. The summed E-state index contributed by atoms with van der Waals surface area (Å²) in [6.07, 6.45) is 4.79. The van der Waals surface area contributed by atoms with Crippen molar-refractivity contribution in [2.75, 3.05) is 0 Å². The number of rotatable bonds is 8. The summed E-state index contributed by atoms with van der Waals surface area (Å²) in [5.41, 5.74) is 8.26. The van der Waals surface area contributed by atoms with E-state index in [9.17, 15) is 13.2 Å². The molecule has 3 nitrogen and oxygen atoms in total. The van der Waals surface area contributed by atoms with Gasteiger partial charge in [0.15, 0.2) is 10.1 Å². The molecule has 77 heavy (non-hydrogen) atoms. The van der Waals surface area contributed by atoms with Crippen molar-refractivity contribution in [3.8, 4) is 0 Å². The fraction of sp³-hybridized carbons (Fsp3) is 0.0448. The van der Waals surface area contributed by atoms with E-state index in [1.165, 1.54) is 88.7 Å². The van der Waals surface area contributed by atoms with E-state index < -0.39 is 31.5 Å². The van der Waals surface area contributed by atoms with Crippen LogP contribution in [-0.2, 0) is 30.2 Å². The van der Waals surface area contributed by atoms with Gasteiger partial charge in [0, 0.05) is 56.1 Å². The van der Waals surface area contributed by atoms with Crippen molar-refractivity contribution >= 4 is 47.2 Å². The molecule has 383 valence electrons. The van der Waals surface area contributed by atoms with Crippen LogP contribution in [0.25, 0.3) is 0 Å². The summed E-state index contributed by atoms with van der Waals surface area (Å²) in [4.78, 5) is 0. The van der Waals surface area contributed by atoms with E-state index in [4.69, 9.17) is 13.0 Å². The summed E-state index contributed by atoms with van der Waals surface area (Å²) in [7, 11) is -7.45. The smallest absolute Gasteiger partial charge is 0.485 e. The van der Waals surface area contributed by atoms with Gasteiger partial charge in [-0.1, -0.05) is 279 Å². The fourth-order valence-electron chi connectivity index (χ4n) is 10.1. The molecule has 0 saturated heterocycles. The SMILES string of the molecule is O=S(=O)([O-])C(F)(F)F.[CH]1[C](c2ccccc2)c2ccccc2C(P(c2ccccc2)c2ccccc2)c2ccccc21.[CH]1[C](c2ccccc2)c2ccccc2C(P(c2ccccc2)c2ccccc2)c2ccccc21.[Ir]. The Bertz CT molecular complexity index is 3300. The van der Waals surface area contributed by atoms with Gasteiger partial charge in [0.1, 0.15) is 0 Å². The van der Waals surface area contributed by atoms with Crippen LogP contribution in [-0.4, -0.2) is 18.5 Å². The first-order valence-electron chi connectivity index (χ1n) is 24.8. The Hall–Kier alpha value is -6.59. The van der Waals surface area contributed by atoms with Crippen LogP contribution < -0.4 is 21.2 Å². The van der Waals surface area contributed by atoms with Crippen LogP contribution in [0, 0.1) is 24.7 Å². The van der Waals surface area contributed by atoms with E-state index in [1.807, 2.05) is 0 Å². The summed E-state index contributed by atoms with van der Waals surface area (Å²) in [5, 5.41) is 5.62. The topological polar surface area (TPSA) is 57.2 Å². The van der Waals surface area contributed by atoms with Gasteiger partial charge in [-0.15, -0.1) is 0 Å². The zero-order valence-corrected chi connectivity index (χ0v) is 46.4. The molecular formula is C67H50F3IrO3P2S-. The molecule has 0 aromatic heterocycles. The van der Waals surface area contributed by atoms with Gasteiger partial charge in [-0.05, 0) is 92.7 Å². The Morgan fingerprint density at radius 1 is 0.338 bits per heavy atom. The molecule has 2 atom stereocenters. The second kappa shape index (κ2) is 25.3. The van der Waals surface area contributed by atoms with Gasteiger partial charge >= 0.3 is 5.51 Å². The Balaban J connectivity index is 0.000000163. The average Bonchev–Trinajstić information content (AvgIpc) is 3.79. The minimum atomic E-state index is -6.09. The van der Waals surface area contributed by atoms with Crippen LogP contribution in [0.3, 0.4) is 0 Å². The van der Waals surface area contributed by atoms with E-state index in [2.05, 4.69) is 292 Å². The molecule has 2 aliphatic carbocycles. The molecule has 10 aromatic rings. The standard InChI is InChI=1S/2C33H25P.CHF3O3S.Ir/c2*1-4-14-25(15-5-1)32-24-26-16-10-11-21-29(26)33(31-23-13-12-22-30(31)32)34(27-17-6-2-7-18-27)28-19-8-3-9-20-28;2-1(3,4)8(5,6)7;/h2*1-24,33H;(H,5,6,7);/p-1. The van der Waals surface area contributed by atoms with Gasteiger partial charge in [-0.3, -0.25) is 0 Å². The zero-order valence-electron chi connectivity index (χ0n) is 41.4. The monoisotopic (exact) mass is 1250 g/mol. The maximum atomic E-state index is 10.7. The predicted octanol–water partition coefficient (Wildman–Crippen LogP) is 14.9. The molecule has 2 aliphatic rings. The third-order valence-corrected chi connectivity index (χ3v) is 19.5. The molecule has 0 spiro atoms. The molecule has 5 radical (unpaired) electrons. The first-order chi connectivity index (χ1) is 37.0. The molecule has 0 aliphatic heterocycles. The number of halogens is 3. The Morgan fingerprint density at radius 3 is 0.857 bits per heavy atom. The number of fused-ring (bicyclic) bond motifs is 4. The summed E-state index contributed by atoms with van der Waals surface area (Å²) in [6, 6.07) is 102. The molecule has 0 N–H and O–H groups in total. The van der Waals surface area contributed by atoms with Crippen LogP contribution in [0.2, 0.25) is 0 Å². The largest absolute Gasteiger partial charge is 0.741 e. The van der Waals surface area contributed by atoms with Gasteiger partial charge in [0.05, 0.1) is 0 Å². The third-order valence-electron chi connectivity index (χ3n) is 13.4. The zero-order chi connectivity index (χ0) is 52.5. The van der Waals surface area contributed by atoms with E-state index >= 15 is 0 Å². The Kier molecular flexibility index (Phi) is 18.1. The molecule has 0 amide bonds. The number of benzene rings is 10. The van der Waals surface area contributed by atoms with Gasteiger partial charge in [-0.25, -0.2) is 8.42 Å². The first-order valence-corrected chi connectivity index (χ1v) is 29.0. The van der Waals surface area contributed by atoms with E-state index in [1.54, 1.807) is 0 Å². The van der Waals surface area contributed by atoms with Crippen molar-refractivity contribution < 1.29 is 46.2 Å². The van der Waals surface area contributed by atoms with Crippen LogP contribution in [0.15, 0.2) is 279 Å². The van der Waals surface area contributed by atoms with Crippen molar-refractivity contribution in [2.45, 2.75) is 16.8 Å². The van der Waals surface area contributed by atoms with Crippen LogP contribution in [0.5, 0.6) is 0 Å². The van der Waals surface area contributed by atoms with Crippen LogP contribution in [0.1, 0.15) is 67.0 Å². The summed E-state index contributed by atoms with van der Waals surface area (Å²) in [6.45, 7) is 0. The average molecular weight is 1250 g/mol. The summed E-state index contributed by atoms with van der Waals surface area (Å²) < 4.78 is 58.9. The quantitative estimate of drug-likeness (QED) is 0.0865. The normalized spacial score (nSPS) is 15.0. The molecule has 0 bridgehead atoms. The van der Waals surface area contributed by atoms with Crippen LogP contribution in [0.4, 0.5) is 13.2 Å². The van der Waals surface area contributed by atoms with Gasteiger partial charge in [0.25, 0.3) is 0 Å². The molecule has 2 unspecified atom stereocenters. The molecule has 0 saturated carbocycles. The summed E-state index contributed by atoms with van der Waals surface area (Å²) >= 11 is 0. The predicted molar refractivity (Wildman–Crippen MR) is 306 cm³/mol. The van der Waals surface area contributed by atoms with E-state index in [0.29, 0.717) is 0 Å². The minimum absolute atomic E-state index is 0. The fourth-order valence-corrected chi connectivity index (χ4v) is 15.9. The number of hydrogen-bond donors (Lipinski definition) is 0. The second-order valence-electron chi connectivity index (χ2n) is 18.1. The maximum absolute atomic E-state index is 10.7. The van der Waals surface area contributed by atoms with Crippen molar-refractivity contribution in [1.29, 1.82) is 0 Å². The second-order valence-corrected chi connectivity index (χ2v) is 24.0. The first kappa shape index (κ1) is 55.2. The molecule has 10 heteroatoms. The molecule has 12 rings (SSSR count). The van der Waals surface area contributed by atoms with Crippen LogP contribution >= 0.6 is 15.8 Å². The van der Waals surface area contributed by atoms with Gasteiger partial charge in [-0.2, -0.15) is 13.2 Å². The van der Waals surface area contributed by atoms with Crippen molar-refractivity contribution in [3.05, 3.63) is 359 Å². The van der Waals surface area contributed by atoms with E-state index in [-0.39, 0.29) is 31.4 Å². The summed E-state index contributed by atoms with van der Waals surface area (Å²) in [5.74, 6) is 2.59. The van der Waals surface area contributed by atoms with Crippen molar-refractivity contribution in [2.24, 2.45) is 0 Å². The van der Waals surface area contributed by atoms with E-state index in [0.717, 1.165) is 0 Å². The van der Waals surface area contributed by atoms with Crippen molar-refractivity contribution in [3.63, 3.8) is 0 Å².